The summed E-state index contributed by atoms with van der Waals surface area (Å²) in [5.41, 5.74) is -1.32. The molecule has 210 valence electrons. The zero-order chi connectivity index (χ0) is 27.2. The molecule has 7 N–H and O–H groups in total. The molecule has 1 aromatic carbocycles. The highest BCUT2D eigenvalue weighted by atomic mass is 19.4. The van der Waals surface area contributed by atoms with Gasteiger partial charge >= 0.3 is 6.36 Å². The lowest BCUT2D eigenvalue weighted by molar-refractivity contribution is -0.482. The number of nitrogens with one attached hydrogen (secondary N) is 3. The van der Waals surface area contributed by atoms with Crippen LogP contribution in [-0.4, -0.2) is 108 Å². The molecular formula is C23H34F3N3O8. The number of alkyl halides is 3. The van der Waals surface area contributed by atoms with Gasteiger partial charge < -0.3 is 55.3 Å². The van der Waals surface area contributed by atoms with E-state index in [4.69, 9.17) is 14.2 Å². The second-order valence-corrected chi connectivity index (χ2v) is 9.80. The normalized spacial score (nSPS) is 42.1. The first-order chi connectivity index (χ1) is 17.3. The highest BCUT2D eigenvalue weighted by molar-refractivity contribution is 5.27. The summed E-state index contributed by atoms with van der Waals surface area (Å²) in [4.78, 5) is 0. The number of rotatable bonds is 7. The fraction of sp³-hybridized carbons (Fsp3) is 0.739. The third-order valence-electron chi connectivity index (χ3n) is 7.25. The van der Waals surface area contributed by atoms with Gasteiger partial charge in [-0.25, -0.2) is 0 Å². The Balaban J connectivity index is 1.49. The Labute approximate surface area is 211 Å². The van der Waals surface area contributed by atoms with Crippen LogP contribution in [0.2, 0.25) is 0 Å². The van der Waals surface area contributed by atoms with Crippen molar-refractivity contribution in [3.05, 3.63) is 29.8 Å². The van der Waals surface area contributed by atoms with E-state index in [0.717, 1.165) is 0 Å². The maximum absolute atomic E-state index is 12.4. The van der Waals surface area contributed by atoms with Gasteiger partial charge in [0.1, 0.15) is 29.7 Å². The standard InChI is InChI=1S/C23H34F3N3O8/c1-11-8-21(32,10-29-9-12-4-6-13(7-5-12)36-23(24,25)26)22(33)20(34-11)35-19-17(31)14(27-2)16(30)15(28-3)18(19)37-22/h4-7,11,14-20,27-33H,8-10H2,1-3H3. The van der Waals surface area contributed by atoms with E-state index in [9.17, 15) is 33.6 Å². The molecule has 0 radical (unpaired) electrons. The molecule has 0 aromatic heterocycles. The molecule has 2 aliphatic heterocycles. The summed E-state index contributed by atoms with van der Waals surface area (Å²) in [6, 6.07) is 3.72. The number of benzene rings is 1. The molecule has 0 spiro atoms. The summed E-state index contributed by atoms with van der Waals surface area (Å²) in [5.74, 6) is -2.72. The van der Waals surface area contributed by atoms with E-state index in [0.29, 0.717) is 5.56 Å². The van der Waals surface area contributed by atoms with Crippen molar-refractivity contribution in [2.45, 2.75) is 86.5 Å². The SMILES string of the molecule is CNC1C(O)C(NC)C2OC3(O)C(OC(C)CC3(O)CNCc3ccc(OC(F)(F)F)cc3)OC2C1O. The van der Waals surface area contributed by atoms with E-state index in [1.165, 1.54) is 24.3 Å². The molecule has 1 saturated carbocycles. The Morgan fingerprint density at radius 2 is 1.65 bits per heavy atom. The molecule has 2 heterocycles. The Morgan fingerprint density at radius 3 is 2.24 bits per heavy atom. The second kappa shape index (κ2) is 10.5. The Bertz CT molecular complexity index is 927. The van der Waals surface area contributed by atoms with Crippen LogP contribution in [0.25, 0.3) is 0 Å². The van der Waals surface area contributed by atoms with Gasteiger partial charge in [-0.15, -0.1) is 13.2 Å². The minimum Gasteiger partial charge on any atom is -0.406 e. The van der Waals surface area contributed by atoms with Crippen molar-refractivity contribution < 1.29 is 52.5 Å². The van der Waals surface area contributed by atoms with Gasteiger partial charge in [-0.3, -0.25) is 0 Å². The van der Waals surface area contributed by atoms with Crippen molar-refractivity contribution in [2.75, 3.05) is 20.6 Å². The molecule has 1 aromatic rings. The first-order valence-corrected chi connectivity index (χ1v) is 12.0. The topological polar surface area (TPSA) is 154 Å². The van der Waals surface area contributed by atoms with Crippen LogP contribution in [0.1, 0.15) is 18.9 Å². The Kier molecular flexibility index (Phi) is 8.08. The number of fused-ring (bicyclic) bond motifs is 2. The first-order valence-electron chi connectivity index (χ1n) is 12.0. The summed E-state index contributed by atoms with van der Waals surface area (Å²) in [7, 11) is 3.18. The van der Waals surface area contributed by atoms with E-state index < -0.39 is 66.6 Å². The summed E-state index contributed by atoms with van der Waals surface area (Å²) < 4.78 is 58.8. The van der Waals surface area contributed by atoms with Crippen molar-refractivity contribution in [1.29, 1.82) is 0 Å². The van der Waals surface area contributed by atoms with Crippen molar-refractivity contribution in [2.24, 2.45) is 0 Å². The van der Waals surface area contributed by atoms with E-state index >= 15 is 0 Å². The van der Waals surface area contributed by atoms with E-state index in [1.807, 2.05) is 0 Å². The van der Waals surface area contributed by atoms with Gasteiger partial charge in [-0.05, 0) is 38.7 Å². The predicted molar refractivity (Wildman–Crippen MR) is 121 cm³/mol. The van der Waals surface area contributed by atoms with Gasteiger partial charge in [-0.1, -0.05) is 12.1 Å². The zero-order valence-electron chi connectivity index (χ0n) is 20.6. The van der Waals surface area contributed by atoms with Crippen LogP contribution >= 0.6 is 0 Å². The van der Waals surface area contributed by atoms with Gasteiger partial charge in [0.25, 0.3) is 0 Å². The number of aliphatic hydroxyl groups is 4. The third-order valence-corrected chi connectivity index (χ3v) is 7.25. The van der Waals surface area contributed by atoms with E-state index in [2.05, 4.69) is 20.7 Å². The number of halogens is 3. The molecule has 14 heteroatoms. The van der Waals surface area contributed by atoms with Gasteiger partial charge in [-0.2, -0.15) is 0 Å². The summed E-state index contributed by atoms with van der Waals surface area (Å²) >= 11 is 0. The number of ether oxygens (including phenoxy) is 4. The molecule has 0 bridgehead atoms. The predicted octanol–water partition coefficient (Wildman–Crippen LogP) is -1.08. The van der Waals surface area contributed by atoms with Crippen molar-refractivity contribution in [1.82, 2.24) is 16.0 Å². The largest absolute Gasteiger partial charge is 0.573 e. The number of hydrogen-bond donors (Lipinski definition) is 7. The summed E-state index contributed by atoms with van der Waals surface area (Å²) in [5, 5.41) is 53.6. The summed E-state index contributed by atoms with van der Waals surface area (Å²) in [6.45, 7) is 1.65. The van der Waals surface area contributed by atoms with Crippen molar-refractivity contribution >= 4 is 0 Å². The fourth-order valence-corrected chi connectivity index (χ4v) is 5.45. The quantitative estimate of drug-likeness (QED) is 0.227. The second-order valence-electron chi connectivity index (χ2n) is 9.80. The van der Waals surface area contributed by atoms with E-state index in [-0.39, 0.29) is 25.3 Å². The molecular weight excluding hydrogens is 503 g/mol. The number of aliphatic hydroxyl groups excluding tert-OH is 2. The molecule has 4 rings (SSSR count). The van der Waals surface area contributed by atoms with Crippen LogP contribution in [0, 0.1) is 0 Å². The van der Waals surface area contributed by atoms with Crippen molar-refractivity contribution in [3.63, 3.8) is 0 Å². The van der Waals surface area contributed by atoms with Gasteiger partial charge in [0, 0.05) is 19.5 Å². The first kappa shape index (κ1) is 28.4. The molecule has 11 nitrogen and oxygen atoms in total. The maximum atomic E-state index is 12.4. The van der Waals surface area contributed by atoms with Crippen molar-refractivity contribution in [3.8, 4) is 5.75 Å². The third kappa shape index (κ3) is 5.45. The molecule has 0 amide bonds. The molecule has 10 atom stereocenters. The van der Waals surface area contributed by atoms with Gasteiger partial charge in [0.2, 0.25) is 12.1 Å². The molecule has 10 unspecified atom stereocenters. The average Bonchev–Trinajstić information content (AvgIpc) is 2.80. The average molecular weight is 538 g/mol. The lowest BCUT2D eigenvalue weighted by Crippen LogP contribution is -2.81. The Morgan fingerprint density at radius 1 is 1.00 bits per heavy atom. The van der Waals surface area contributed by atoms with Gasteiger partial charge in [0.05, 0.1) is 24.3 Å². The number of likely N-dealkylation sites (N-methyl/N-ethyl adjacent to an activating group) is 2. The van der Waals surface area contributed by atoms with Crippen LogP contribution in [0.4, 0.5) is 13.2 Å². The lowest BCUT2D eigenvalue weighted by atomic mass is 9.77. The zero-order valence-corrected chi connectivity index (χ0v) is 20.6. The highest BCUT2D eigenvalue weighted by Gasteiger charge is 2.68. The fourth-order valence-electron chi connectivity index (χ4n) is 5.45. The summed E-state index contributed by atoms with van der Waals surface area (Å²) in [6.07, 6.45) is -11.1. The van der Waals surface area contributed by atoms with Crippen LogP contribution < -0.4 is 20.7 Å². The van der Waals surface area contributed by atoms with Crippen LogP contribution in [0.15, 0.2) is 24.3 Å². The van der Waals surface area contributed by atoms with E-state index in [1.54, 1.807) is 21.0 Å². The molecule has 2 saturated heterocycles. The molecule has 37 heavy (non-hydrogen) atoms. The molecule has 3 fully saturated rings. The smallest absolute Gasteiger partial charge is 0.406 e. The minimum atomic E-state index is -4.79. The van der Waals surface area contributed by atoms with Crippen LogP contribution in [-0.2, 0) is 20.8 Å². The minimum absolute atomic E-state index is 0.0411. The molecule has 3 aliphatic rings. The highest BCUT2D eigenvalue weighted by Crippen LogP contribution is 2.46. The lowest BCUT2D eigenvalue weighted by Gasteiger charge is -2.60. The molecule has 1 aliphatic carbocycles. The van der Waals surface area contributed by atoms with Crippen LogP contribution in [0.3, 0.4) is 0 Å². The van der Waals surface area contributed by atoms with Crippen LogP contribution in [0.5, 0.6) is 5.75 Å². The maximum Gasteiger partial charge on any atom is 0.573 e. The van der Waals surface area contributed by atoms with Gasteiger partial charge in [0.15, 0.2) is 0 Å². The number of hydrogen-bond acceptors (Lipinski definition) is 11. The monoisotopic (exact) mass is 537 g/mol. The Hall–Kier alpha value is -1.59.